The Balaban J connectivity index is 0.00000387. The Bertz CT molecular complexity index is 1500. The van der Waals surface area contributed by atoms with Crippen LogP contribution in [0.3, 0.4) is 0 Å². The van der Waals surface area contributed by atoms with Gasteiger partial charge >= 0.3 is 11.8 Å². The molecule has 0 unspecified atom stereocenters. The van der Waals surface area contributed by atoms with Crippen molar-refractivity contribution in [1.82, 2.24) is 19.4 Å². The quantitative estimate of drug-likeness (QED) is 0.150. The largest absolute Gasteiger partial charge is 0.449 e. The number of para-hydroxylation sites is 2. The van der Waals surface area contributed by atoms with E-state index in [0.717, 1.165) is 16.6 Å². The number of hydrogen-bond acceptors (Lipinski definition) is 6. The molecule has 0 radical (unpaired) electrons. The predicted molar refractivity (Wildman–Crippen MR) is 159 cm³/mol. The van der Waals surface area contributed by atoms with Gasteiger partial charge in [-0.3, -0.25) is 19.6 Å². The maximum absolute atomic E-state index is 12.7. The first-order chi connectivity index (χ1) is 19.5. The zero-order valence-corrected chi connectivity index (χ0v) is 23.5. The van der Waals surface area contributed by atoms with Gasteiger partial charge < -0.3 is 14.6 Å². The molecule has 2 heterocycles. The Hall–Kier alpha value is -4.15. The third-order valence-electron chi connectivity index (χ3n) is 7.36. The van der Waals surface area contributed by atoms with E-state index in [9.17, 15) is 19.7 Å². The maximum atomic E-state index is 12.7. The van der Waals surface area contributed by atoms with E-state index >= 15 is 0 Å². The minimum absolute atomic E-state index is 0. The van der Waals surface area contributed by atoms with Gasteiger partial charge in [0.1, 0.15) is 0 Å². The third kappa shape index (κ3) is 7.53. The van der Waals surface area contributed by atoms with E-state index in [4.69, 9.17) is 4.74 Å². The topological polar surface area (TPSA) is 114 Å². The van der Waals surface area contributed by atoms with Gasteiger partial charge in [-0.25, -0.2) is 9.59 Å². The average molecular weight is 580 g/mol. The van der Waals surface area contributed by atoms with Gasteiger partial charge in [-0.2, -0.15) is 0 Å². The fourth-order valence-electron chi connectivity index (χ4n) is 5.32. The molecule has 1 saturated heterocycles. The molecule has 1 N–H and O–H groups in total. The van der Waals surface area contributed by atoms with Gasteiger partial charge in [-0.1, -0.05) is 54.6 Å². The van der Waals surface area contributed by atoms with Crippen LogP contribution in [0, 0.1) is 10.1 Å². The highest BCUT2D eigenvalue weighted by atomic mass is 35.5. The number of H-pyrrole nitrogens is 1. The van der Waals surface area contributed by atoms with Crippen LogP contribution in [0.15, 0.2) is 83.7 Å². The zero-order chi connectivity index (χ0) is 27.9. The normalized spacial score (nSPS) is 13.7. The number of nitrogens with one attached hydrogen (secondary N) is 1. The minimum Gasteiger partial charge on any atom is -0.449 e. The molecule has 41 heavy (non-hydrogen) atoms. The summed E-state index contributed by atoms with van der Waals surface area (Å²) in [5.41, 5.74) is 3.82. The lowest BCUT2D eigenvalue weighted by Gasteiger charge is -2.32. The van der Waals surface area contributed by atoms with Crippen LogP contribution in [0.25, 0.3) is 11.0 Å². The zero-order valence-electron chi connectivity index (χ0n) is 22.7. The summed E-state index contributed by atoms with van der Waals surface area (Å²) in [5, 5.41) is 11.0. The Labute approximate surface area is 244 Å². The van der Waals surface area contributed by atoms with Crippen molar-refractivity contribution in [3.63, 3.8) is 0 Å². The van der Waals surface area contributed by atoms with E-state index in [1.54, 1.807) is 17.0 Å². The molecule has 10 nitrogen and oxygen atoms in total. The number of fused-ring (bicyclic) bond motifs is 1. The van der Waals surface area contributed by atoms with Crippen molar-refractivity contribution in [1.29, 1.82) is 0 Å². The van der Waals surface area contributed by atoms with Crippen LogP contribution in [-0.4, -0.2) is 56.6 Å². The number of ether oxygens (including phenoxy) is 1. The number of nitro groups is 1. The Kier molecular flexibility index (Phi) is 10.2. The number of benzene rings is 3. The summed E-state index contributed by atoms with van der Waals surface area (Å²) in [6.07, 6.45) is 1.72. The van der Waals surface area contributed by atoms with Crippen LogP contribution in [0.4, 0.5) is 10.5 Å². The molecule has 5 rings (SSSR count). The summed E-state index contributed by atoms with van der Waals surface area (Å²) in [6, 6.07) is 24.4. The molecule has 3 aromatic carbocycles. The van der Waals surface area contributed by atoms with Gasteiger partial charge in [0.2, 0.25) is 0 Å². The molecule has 1 aliphatic heterocycles. The summed E-state index contributed by atoms with van der Waals surface area (Å²) < 4.78 is 7.41. The molecular formula is C30H34ClN5O5. The van der Waals surface area contributed by atoms with Gasteiger partial charge in [0.25, 0.3) is 5.69 Å². The lowest BCUT2D eigenvalue weighted by Crippen LogP contribution is -2.41. The number of aromatic nitrogens is 2. The SMILES string of the molecule is Cl.O=C(OCCCN(Cc1ccccc1)Cc1ccc([N+](=O)[O-])cc1)N1CCC(n2c(=O)[nH]c3ccccc32)CC1. The Morgan fingerprint density at radius 1 is 0.951 bits per heavy atom. The molecule has 0 saturated carbocycles. The van der Waals surface area contributed by atoms with Crippen LogP contribution >= 0.6 is 12.4 Å². The number of carbonyl (C=O) groups is 1. The molecule has 4 aromatic rings. The smallest absolute Gasteiger partial charge is 0.409 e. The van der Waals surface area contributed by atoms with E-state index < -0.39 is 4.92 Å². The van der Waals surface area contributed by atoms with Crippen LogP contribution in [-0.2, 0) is 17.8 Å². The van der Waals surface area contributed by atoms with Crippen molar-refractivity contribution in [2.45, 2.75) is 38.4 Å². The first-order valence-electron chi connectivity index (χ1n) is 13.6. The number of rotatable bonds is 10. The maximum Gasteiger partial charge on any atom is 0.409 e. The second-order valence-corrected chi connectivity index (χ2v) is 10.1. The first kappa shape index (κ1) is 29.8. The minimum atomic E-state index is -0.398. The van der Waals surface area contributed by atoms with Crippen molar-refractivity contribution in [2.75, 3.05) is 26.2 Å². The summed E-state index contributed by atoms with van der Waals surface area (Å²) in [5.74, 6) is 0. The number of amides is 1. The molecule has 1 fully saturated rings. The van der Waals surface area contributed by atoms with E-state index in [1.165, 1.54) is 17.7 Å². The highest BCUT2D eigenvalue weighted by molar-refractivity contribution is 5.85. The van der Waals surface area contributed by atoms with Crippen molar-refractivity contribution in [2.24, 2.45) is 0 Å². The number of hydrogen-bond donors (Lipinski definition) is 1. The lowest BCUT2D eigenvalue weighted by atomic mass is 10.0. The van der Waals surface area contributed by atoms with E-state index in [-0.39, 0.29) is 35.9 Å². The number of nitrogens with zero attached hydrogens (tertiary/aromatic N) is 4. The number of imidazole rings is 1. The molecule has 1 amide bonds. The van der Waals surface area contributed by atoms with E-state index in [0.29, 0.717) is 58.6 Å². The van der Waals surface area contributed by atoms with E-state index in [1.807, 2.05) is 47.0 Å². The fourth-order valence-corrected chi connectivity index (χ4v) is 5.32. The summed E-state index contributed by atoms with van der Waals surface area (Å²) in [7, 11) is 0. The summed E-state index contributed by atoms with van der Waals surface area (Å²) in [4.78, 5) is 42.7. The third-order valence-corrected chi connectivity index (χ3v) is 7.36. The summed E-state index contributed by atoms with van der Waals surface area (Å²) in [6.45, 7) is 3.41. The number of aromatic amines is 1. The standard InChI is InChI=1S/C30H33N5O5.ClH/c36-29-31-27-9-4-5-10-28(27)34(29)25-15-18-33(19-16-25)30(37)40-20-6-17-32(21-23-7-2-1-3-8-23)22-24-11-13-26(14-12-24)35(38)39;/h1-5,7-14,25H,6,15-22H2,(H,31,36);1H. The van der Waals surface area contributed by atoms with Gasteiger partial charge in [0, 0.05) is 50.9 Å². The Morgan fingerprint density at radius 3 is 2.27 bits per heavy atom. The second-order valence-electron chi connectivity index (χ2n) is 10.1. The molecular weight excluding hydrogens is 546 g/mol. The van der Waals surface area contributed by atoms with E-state index in [2.05, 4.69) is 22.0 Å². The summed E-state index contributed by atoms with van der Waals surface area (Å²) >= 11 is 0. The highest BCUT2D eigenvalue weighted by Gasteiger charge is 2.26. The number of nitro benzene ring substituents is 1. The number of non-ortho nitro benzene ring substituents is 1. The van der Waals surface area contributed by atoms with Crippen LogP contribution in [0.5, 0.6) is 0 Å². The van der Waals surface area contributed by atoms with Crippen molar-refractivity contribution in [3.05, 3.63) is 111 Å². The van der Waals surface area contributed by atoms with Gasteiger partial charge in [0.15, 0.2) is 0 Å². The molecule has 0 bridgehead atoms. The number of carbonyl (C=O) groups excluding carboxylic acids is 1. The molecule has 216 valence electrons. The first-order valence-corrected chi connectivity index (χ1v) is 13.6. The van der Waals surface area contributed by atoms with Crippen molar-refractivity contribution in [3.8, 4) is 0 Å². The van der Waals surface area contributed by atoms with Gasteiger partial charge in [0.05, 0.1) is 22.6 Å². The Morgan fingerprint density at radius 2 is 1.59 bits per heavy atom. The molecule has 0 spiro atoms. The molecule has 0 aliphatic carbocycles. The lowest BCUT2D eigenvalue weighted by molar-refractivity contribution is -0.384. The van der Waals surface area contributed by atoms with Gasteiger partial charge in [-0.15, -0.1) is 12.4 Å². The monoisotopic (exact) mass is 579 g/mol. The number of likely N-dealkylation sites (tertiary alicyclic amines) is 1. The number of piperidine rings is 1. The van der Waals surface area contributed by atoms with Crippen molar-refractivity contribution >= 4 is 35.2 Å². The number of halogens is 1. The molecule has 1 aliphatic rings. The molecule has 0 atom stereocenters. The fraction of sp³-hybridized carbons (Fsp3) is 0.333. The predicted octanol–water partition coefficient (Wildman–Crippen LogP) is 5.53. The molecule has 11 heteroatoms. The van der Waals surface area contributed by atoms with Gasteiger partial charge in [-0.05, 0) is 42.5 Å². The molecule has 1 aromatic heterocycles. The average Bonchev–Trinajstić information content (AvgIpc) is 3.31. The van der Waals surface area contributed by atoms with Crippen LogP contribution < -0.4 is 5.69 Å². The van der Waals surface area contributed by atoms with Crippen molar-refractivity contribution < 1.29 is 14.5 Å². The highest BCUT2D eigenvalue weighted by Crippen LogP contribution is 2.25. The second kappa shape index (κ2) is 14.0. The van der Waals surface area contributed by atoms with Crippen LogP contribution in [0.2, 0.25) is 0 Å². The van der Waals surface area contributed by atoms with Crippen LogP contribution in [0.1, 0.15) is 36.4 Å².